The molecular formula is C48H41N. The monoisotopic (exact) mass is 631 g/mol. The molecule has 1 fully saturated rings. The van der Waals surface area contributed by atoms with E-state index in [-0.39, 0.29) is 11.0 Å². The van der Waals surface area contributed by atoms with Gasteiger partial charge in [-0.15, -0.1) is 0 Å². The second-order valence-corrected chi connectivity index (χ2v) is 15.1. The maximum absolute atomic E-state index is 2.70. The highest BCUT2D eigenvalue weighted by atomic mass is 15.2. The Bertz CT molecular complexity index is 2540. The van der Waals surface area contributed by atoms with Crippen molar-refractivity contribution < 1.29 is 0 Å². The number of anilines is 2. The van der Waals surface area contributed by atoms with Crippen LogP contribution in [-0.4, -0.2) is 5.54 Å². The Balaban J connectivity index is 1.19. The predicted molar refractivity (Wildman–Crippen MR) is 211 cm³/mol. The van der Waals surface area contributed by atoms with E-state index in [1.165, 1.54) is 121 Å². The fourth-order valence-electron chi connectivity index (χ4n) is 9.99. The molecule has 1 nitrogen and oxygen atoms in total. The molecule has 8 aromatic rings. The second-order valence-electron chi connectivity index (χ2n) is 15.1. The van der Waals surface area contributed by atoms with Crippen molar-refractivity contribution in [3.63, 3.8) is 0 Å². The van der Waals surface area contributed by atoms with Gasteiger partial charge in [0.15, 0.2) is 0 Å². The highest BCUT2D eigenvalue weighted by Crippen LogP contribution is 2.60. The molecule has 0 saturated heterocycles. The summed E-state index contributed by atoms with van der Waals surface area (Å²) < 4.78 is 0. The molecule has 0 bridgehead atoms. The lowest BCUT2D eigenvalue weighted by Crippen LogP contribution is -2.53. The Morgan fingerprint density at radius 1 is 0.469 bits per heavy atom. The second kappa shape index (κ2) is 10.7. The van der Waals surface area contributed by atoms with E-state index in [1.54, 1.807) is 0 Å². The Kier molecular flexibility index (Phi) is 6.28. The first-order valence-corrected chi connectivity index (χ1v) is 18.2. The largest absolute Gasteiger partial charge is 0.334 e. The molecule has 2 unspecified atom stereocenters. The zero-order valence-corrected chi connectivity index (χ0v) is 28.5. The Labute approximate surface area is 289 Å². The minimum absolute atomic E-state index is 0.0242. The summed E-state index contributed by atoms with van der Waals surface area (Å²) in [6, 6.07) is 52.8. The van der Waals surface area contributed by atoms with Gasteiger partial charge < -0.3 is 4.90 Å². The fourth-order valence-corrected chi connectivity index (χ4v) is 9.99. The third-order valence-electron chi connectivity index (χ3n) is 12.7. The molecule has 0 N–H and O–H groups in total. The van der Waals surface area contributed by atoms with Crippen LogP contribution < -0.4 is 4.90 Å². The smallest absolute Gasteiger partial charge is 0.0517 e. The number of nitrogens with zero attached hydrogens (tertiary/aromatic N) is 1. The summed E-state index contributed by atoms with van der Waals surface area (Å²) in [7, 11) is 0. The lowest BCUT2D eigenvalue weighted by Gasteiger charge is -2.48. The van der Waals surface area contributed by atoms with E-state index in [9.17, 15) is 0 Å². The minimum Gasteiger partial charge on any atom is -0.334 e. The molecule has 0 aromatic heterocycles. The molecule has 1 heteroatoms. The summed E-state index contributed by atoms with van der Waals surface area (Å²) in [5.74, 6) is 0. The van der Waals surface area contributed by atoms with Crippen molar-refractivity contribution >= 4 is 54.5 Å². The predicted octanol–water partition coefficient (Wildman–Crippen LogP) is 13.6. The van der Waals surface area contributed by atoms with Gasteiger partial charge in [0.1, 0.15) is 0 Å². The SMILES string of the molecule is CC12CCCCCCC1(C)N(c1ccccc1)c1ccc(-c3ccc4ccc5c(-c6cccc7ccccc67)ccc6ccc3c4c65)cc12. The van der Waals surface area contributed by atoms with Crippen LogP contribution in [0.5, 0.6) is 0 Å². The minimum atomic E-state index is 0.0242. The van der Waals surface area contributed by atoms with E-state index in [4.69, 9.17) is 0 Å². The number of hydrogen-bond acceptors (Lipinski definition) is 1. The third-order valence-corrected chi connectivity index (χ3v) is 12.7. The average molecular weight is 632 g/mol. The van der Waals surface area contributed by atoms with Crippen LogP contribution in [-0.2, 0) is 5.41 Å². The van der Waals surface area contributed by atoms with E-state index < -0.39 is 0 Å². The standard InChI is InChI=1S/C48H41N/c1-47-29-10-3-4-11-30-48(47,2)49(36-15-6-5-7-16-36)44-28-23-35(31-43(44)47)38-24-19-33-22-27-42-40(25-20-34-21-26-41(38)45(33)46(34)42)39-18-12-14-32-13-8-9-17-37(32)39/h5-9,12-28,31H,3-4,10-11,29-30H2,1-2H3. The number of benzene rings is 8. The maximum atomic E-state index is 2.70. The van der Waals surface area contributed by atoms with Crippen molar-refractivity contribution in [2.75, 3.05) is 4.90 Å². The topological polar surface area (TPSA) is 3.24 Å². The molecule has 1 saturated carbocycles. The van der Waals surface area contributed by atoms with Crippen LogP contribution in [0.15, 0.2) is 140 Å². The van der Waals surface area contributed by atoms with Crippen LogP contribution in [0.1, 0.15) is 57.9 Å². The first-order chi connectivity index (χ1) is 24.0. The van der Waals surface area contributed by atoms with E-state index >= 15 is 0 Å². The van der Waals surface area contributed by atoms with Gasteiger partial charge in [-0.3, -0.25) is 0 Å². The molecule has 0 amide bonds. The molecule has 238 valence electrons. The van der Waals surface area contributed by atoms with Gasteiger partial charge in [0.2, 0.25) is 0 Å². The van der Waals surface area contributed by atoms with E-state index in [1.807, 2.05) is 0 Å². The van der Waals surface area contributed by atoms with E-state index in [2.05, 4.69) is 158 Å². The first-order valence-electron chi connectivity index (χ1n) is 18.2. The highest BCUT2D eigenvalue weighted by Gasteiger charge is 2.56. The van der Waals surface area contributed by atoms with E-state index in [0.717, 1.165) is 0 Å². The molecule has 49 heavy (non-hydrogen) atoms. The van der Waals surface area contributed by atoms with Gasteiger partial charge in [0, 0.05) is 16.8 Å². The molecule has 1 aliphatic heterocycles. The number of para-hydroxylation sites is 1. The van der Waals surface area contributed by atoms with Gasteiger partial charge in [-0.05, 0) is 115 Å². The van der Waals surface area contributed by atoms with Crippen LogP contribution in [0.2, 0.25) is 0 Å². The van der Waals surface area contributed by atoms with Gasteiger partial charge in [0.25, 0.3) is 0 Å². The third kappa shape index (κ3) is 4.05. The summed E-state index contributed by atoms with van der Waals surface area (Å²) in [5, 5.41) is 10.6. The zero-order valence-electron chi connectivity index (χ0n) is 28.5. The molecule has 0 spiro atoms. The van der Waals surface area contributed by atoms with Gasteiger partial charge in [-0.1, -0.05) is 148 Å². The molecule has 2 aliphatic rings. The first kappa shape index (κ1) is 28.8. The summed E-state index contributed by atoms with van der Waals surface area (Å²) >= 11 is 0. The normalized spacial score (nSPS) is 20.9. The summed E-state index contributed by atoms with van der Waals surface area (Å²) in [6.45, 7) is 5.12. The highest BCUT2D eigenvalue weighted by molar-refractivity contribution is 6.28. The van der Waals surface area contributed by atoms with Crippen molar-refractivity contribution in [1.82, 2.24) is 0 Å². The number of fused-ring (bicyclic) bond motifs is 4. The van der Waals surface area contributed by atoms with Crippen LogP contribution in [0.3, 0.4) is 0 Å². The van der Waals surface area contributed by atoms with E-state index in [0.29, 0.717) is 0 Å². The van der Waals surface area contributed by atoms with Gasteiger partial charge in [0.05, 0.1) is 5.54 Å². The quantitative estimate of drug-likeness (QED) is 0.175. The molecule has 2 atom stereocenters. The molecule has 0 radical (unpaired) electrons. The zero-order chi connectivity index (χ0) is 32.7. The van der Waals surface area contributed by atoms with Gasteiger partial charge in [-0.25, -0.2) is 0 Å². The number of rotatable bonds is 3. The molecule has 1 heterocycles. The maximum Gasteiger partial charge on any atom is 0.0517 e. The van der Waals surface area contributed by atoms with Crippen LogP contribution >= 0.6 is 0 Å². The molecule has 8 aromatic carbocycles. The van der Waals surface area contributed by atoms with Gasteiger partial charge in [-0.2, -0.15) is 0 Å². The lowest BCUT2D eigenvalue weighted by atomic mass is 9.63. The lowest BCUT2D eigenvalue weighted by molar-refractivity contribution is 0.218. The average Bonchev–Trinajstić information content (AvgIpc) is 3.32. The molecule has 10 rings (SSSR count). The van der Waals surface area contributed by atoms with Crippen LogP contribution in [0.4, 0.5) is 11.4 Å². The van der Waals surface area contributed by atoms with Crippen molar-refractivity contribution in [2.45, 2.75) is 63.3 Å². The molecular weight excluding hydrogens is 591 g/mol. The number of hydrogen-bond donors (Lipinski definition) is 0. The Hall–Kier alpha value is -5.14. The fraction of sp³-hybridized carbons (Fsp3) is 0.208. The van der Waals surface area contributed by atoms with Crippen molar-refractivity contribution in [2.24, 2.45) is 0 Å². The van der Waals surface area contributed by atoms with Gasteiger partial charge >= 0.3 is 0 Å². The van der Waals surface area contributed by atoms with Crippen molar-refractivity contribution in [1.29, 1.82) is 0 Å². The van der Waals surface area contributed by atoms with Crippen LogP contribution in [0, 0.1) is 0 Å². The summed E-state index contributed by atoms with van der Waals surface area (Å²) in [6.07, 6.45) is 7.67. The van der Waals surface area contributed by atoms with Crippen molar-refractivity contribution in [3.8, 4) is 22.3 Å². The molecule has 1 aliphatic carbocycles. The Morgan fingerprint density at radius 2 is 1.10 bits per heavy atom. The summed E-state index contributed by atoms with van der Waals surface area (Å²) in [4.78, 5) is 2.70. The Morgan fingerprint density at radius 3 is 1.90 bits per heavy atom. The van der Waals surface area contributed by atoms with Crippen molar-refractivity contribution in [3.05, 3.63) is 145 Å². The van der Waals surface area contributed by atoms with Crippen LogP contribution in [0.25, 0.3) is 65.3 Å². The summed E-state index contributed by atoms with van der Waals surface area (Å²) in [5.41, 5.74) is 9.56.